The lowest BCUT2D eigenvalue weighted by Gasteiger charge is -2.32. The van der Waals surface area contributed by atoms with E-state index >= 15 is 0 Å². The topological polar surface area (TPSA) is 107 Å². The average molecular weight is 473 g/mol. The molecule has 0 radical (unpaired) electrons. The lowest BCUT2D eigenvalue weighted by molar-refractivity contribution is -0.126. The molecule has 1 aromatic heterocycles. The van der Waals surface area contributed by atoms with Gasteiger partial charge >= 0.3 is 0 Å². The second-order valence-corrected chi connectivity index (χ2v) is 8.17. The summed E-state index contributed by atoms with van der Waals surface area (Å²) in [5, 5.41) is 3.39. The van der Waals surface area contributed by atoms with Crippen molar-refractivity contribution in [2.75, 3.05) is 18.4 Å². The molecule has 3 N–H and O–H groups in total. The van der Waals surface area contributed by atoms with E-state index in [1.807, 2.05) is 42.2 Å². The molecule has 0 atom stereocenters. The summed E-state index contributed by atoms with van der Waals surface area (Å²) in [5.74, 6) is 1.42. The van der Waals surface area contributed by atoms with Crippen molar-refractivity contribution in [1.82, 2.24) is 9.88 Å². The minimum atomic E-state index is -0.632. The van der Waals surface area contributed by atoms with Crippen LogP contribution in [-0.2, 0) is 4.79 Å². The number of carbonyl (C=O) groups is 2. The number of anilines is 1. The minimum Gasteiger partial charge on any atom is -0.457 e. The number of para-hydroxylation sites is 1. The van der Waals surface area contributed by atoms with E-state index in [0.717, 1.165) is 18.6 Å². The summed E-state index contributed by atoms with van der Waals surface area (Å²) in [6.45, 7) is 3.17. The Morgan fingerprint density at radius 1 is 1.00 bits per heavy atom. The second-order valence-electron chi connectivity index (χ2n) is 8.17. The van der Waals surface area contributed by atoms with E-state index in [1.54, 1.807) is 48.7 Å². The number of carbonyl (C=O) groups excluding carboxylic acids is 2. The van der Waals surface area contributed by atoms with Gasteiger partial charge in [0.05, 0.1) is 11.9 Å². The van der Waals surface area contributed by atoms with E-state index in [4.69, 9.17) is 15.2 Å². The van der Waals surface area contributed by atoms with Gasteiger partial charge in [-0.15, -0.1) is 0 Å². The van der Waals surface area contributed by atoms with Crippen molar-refractivity contribution in [1.29, 1.82) is 0 Å². The van der Waals surface area contributed by atoms with Gasteiger partial charge in [0.1, 0.15) is 22.8 Å². The third-order valence-electron chi connectivity index (χ3n) is 5.62. The van der Waals surface area contributed by atoms with Crippen LogP contribution in [-0.4, -0.2) is 40.8 Å². The molecule has 180 valence electrons. The van der Waals surface area contributed by atoms with Crippen molar-refractivity contribution in [3.63, 3.8) is 0 Å². The number of rotatable bonds is 8. The molecule has 2 amide bonds. The van der Waals surface area contributed by atoms with E-state index in [2.05, 4.69) is 10.3 Å². The highest BCUT2D eigenvalue weighted by Gasteiger charge is 2.22. The monoisotopic (exact) mass is 472 g/mol. The normalized spacial score (nSPS) is 14.0. The first-order chi connectivity index (χ1) is 17.0. The zero-order chi connectivity index (χ0) is 24.6. The molecular formula is C27H28N4O4. The highest BCUT2D eigenvalue weighted by atomic mass is 16.5. The van der Waals surface area contributed by atoms with Gasteiger partial charge in [-0.2, -0.15) is 0 Å². The molecule has 2 heterocycles. The molecule has 2 aromatic carbocycles. The first-order valence-electron chi connectivity index (χ1n) is 11.5. The molecule has 1 fully saturated rings. The highest BCUT2D eigenvalue weighted by Crippen LogP contribution is 2.29. The number of allylic oxidation sites excluding steroid dienone is 1. The number of likely N-dealkylation sites (tertiary alicyclic amines) is 1. The number of pyridine rings is 1. The molecule has 1 aliphatic heterocycles. The number of nitrogens with zero attached hydrogens (tertiary/aromatic N) is 2. The summed E-state index contributed by atoms with van der Waals surface area (Å²) in [5.41, 5.74) is 6.46. The van der Waals surface area contributed by atoms with Crippen molar-refractivity contribution in [3.8, 4) is 23.1 Å². The zero-order valence-corrected chi connectivity index (χ0v) is 19.5. The summed E-state index contributed by atoms with van der Waals surface area (Å²) in [7, 11) is 0. The Bertz CT molecular complexity index is 1190. The van der Waals surface area contributed by atoms with Gasteiger partial charge in [0.2, 0.25) is 11.8 Å². The molecule has 0 aliphatic carbocycles. The molecule has 3 aromatic rings. The number of hydrogen-bond acceptors (Lipinski definition) is 6. The quantitative estimate of drug-likeness (QED) is 0.459. The zero-order valence-electron chi connectivity index (χ0n) is 19.5. The molecule has 1 saturated heterocycles. The van der Waals surface area contributed by atoms with E-state index in [-0.39, 0.29) is 23.4 Å². The lowest BCUT2D eigenvalue weighted by atomic mass is 10.0. The molecule has 8 nitrogen and oxygen atoms in total. The van der Waals surface area contributed by atoms with Crippen molar-refractivity contribution < 1.29 is 19.1 Å². The Morgan fingerprint density at radius 2 is 1.63 bits per heavy atom. The standard InChI is InChI=1S/C27H28N4O4/c1-2-6-25(32)31-15-13-19(14-16-31)30-20-17-24(26(28)33)27(29-18-20)35-23-11-9-22(10-12-23)34-21-7-4-3-5-8-21/h2-12,17-19,30H,13-16H2,1H3,(H2,28,33). The van der Waals surface area contributed by atoms with Crippen molar-refractivity contribution in [2.45, 2.75) is 25.8 Å². The number of aromatic nitrogens is 1. The predicted octanol–water partition coefficient (Wildman–Crippen LogP) is 4.74. The van der Waals surface area contributed by atoms with Crippen LogP contribution in [0.2, 0.25) is 0 Å². The summed E-state index contributed by atoms with van der Waals surface area (Å²) in [6.07, 6.45) is 6.54. The molecule has 0 spiro atoms. The largest absolute Gasteiger partial charge is 0.457 e. The van der Waals surface area contributed by atoms with Crippen LogP contribution in [0.25, 0.3) is 0 Å². The van der Waals surface area contributed by atoms with Crippen LogP contribution in [0.15, 0.2) is 79.0 Å². The number of amides is 2. The fourth-order valence-electron chi connectivity index (χ4n) is 3.83. The van der Waals surface area contributed by atoms with Gasteiger partial charge in [-0.25, -0.2) is 4.98 Å². The van der Waals surface area contributed by atoms with Crippen LogP contribution in [0, 0.1) is 0 Å². The number of ether oxygens (including phenoxy) is 2. The highest BCUT2D eigenvalue weighted by molar-refractivity contribution is 5.96. The summed E-state index contributed by atoms with van der Waals surface area (Å²) < 4.78 is 11.6. The van der Waals surface area contributed by atoms with Crippen molar-refractivity contribution in [3.05, 3.63) is 84.6 Å². The molecule has 0 saturated carbocycles. The number of hydrogen-bond donors (Lipinski definition) is 2. The van der Waals surface area contributed by atoms with Crippen LogP contribution < -0.4 is 20.5 Å². The molecule has 1 aliphatic rings. The van der Waals surface area contributed by atoms with Crippen molar-refractivity contribution >= 4 is 17.5 Å². The van der Waals surface area contributed by atoms with Gasteiger partial charge in [0.15, 0.2) is 0 Å². The van der Waals surface area contributed by atoms with Crippen LogP contribution in [0.1, 0.15) is 30.1 Å². The van der Waals surface area contributed by atoms with E-state index in [1.165, 1.54) is 0 Å². The molecule has 4 rings (SSSR count). The molecular weight excluding hydrogens is 444 g/mol. The third kappa shape index (κ3) is 6.38. The van der Waals surface area contributed by atoms with Gasteiger partial charge in [0.25, 0.3) is 5.91 Å². The van der Waals surface area contributed by atoms with Crippen LogP contribution in [0.3, 0.4) is 0 Å². The number of piperidine rings is 1. The second kappa shape index (κ2) is 11.2. The van der Waals surface area contributed by atoms with Gasteiger partial charge in [0, 0.05) is 19.1 Å². The van der Waals surface area contributed by atoms with Crippen LogP contribution in [0.5, 0.6) is 23.1 Å². The maximum Gasteiger partial charge on any atom is 0.254 e. The molecule has 8 heteroatoms. The Kier molecular flexibility index (Phi) is 7.62. The van der Waals surface area contributed by atoms with Gasteiger partial charge in [-0.05, 0) is 68.3 Å². The minimum absolute atomic E-state index is 0.0322. The molecule has 0 unspecified atom stereocenters. The third-order valence-corrected chi connectivity index (χ3v) is 5.62. The van der Waals surface area contributed by atoms with Gasteiger partial charge in [-0.3, -0.25) is 9.59 Å². The van der Waals surface area contributed by atoms with E-state index in [0.29, 0.717) is 30.3 Å². The van der Waals surface area contributed by atoms with Gasteiger partial charge in [-0.1, -0.05) is 24.3 Å². The first kappa shape index (κ1) is 23.8. The molecule has 35 heavy (non-hydrogen) atoms. The maximum atomic E-state index is 12.1. The van der Waals surface area contributed by atoms with Crippen LogP contribution in [0.4, 0.5) is 5.69 Å². The number of nitrogens with one attached hydrogen (secondary N) is 1. The Labute approximate surface area is 204 Å². The first-order valence-corrected chi connectivity index (χ1v) is 11.5. The molecule has 0 bridgehead atoms. The fraction of sp³-hybridized carbons (Fsp3) is 0.222. The maximum absolute atomic E-state index is 12.1. The summed E-state index contributed by atoms with van der Waals surface area (Å²) >= 11 is 0. The summed E-state index contributed by atoms with van der Waals surface area (Å²) in [6, 6.07) is 18.3. The van der Waals surface area contributed by atoms with Gasteiger partial charge < -0.3 is 25.4 Å². The van der Waals surface area contributed by atoms with Crippen LogP contribution >= 0.6 is 0 Å². The summed E-state index contributed by atoms with van der Waals surface area (Å²) in [4.78, 5) is 30.3. The average Bonchev–Trinajstić information content (AvgIpc) is 2.87. The fourth-order valence-corrected chi connectivity index (χ4v) is 3.83. The lowest BCUT2D eigenvalue weighted by Crippen LogP contribution is -2.41. The number of benzene rings is 2. The smallest absolute Gasteiger partial charge is 0.254 e. The van der Waals surface area contributed by atoms with Crippen molar-refractivity contribution in [2.24, 2.45) is 5.73 Å². The number of primary amides is 1. The van der Waals surface area contributed by atoms with E-state index < -0.39 is 5.91 Å². The van der Waals surface area contributed by atoms with E-state index in [9.17, 15) is 9.59 Å². The SMILES string of the molecule is CC=CC(=O)N1CCC(Nc2cnc(Oc3ccc(Oc4ccccc4)cc3)c(C(N)=O)c2)CC1. The predicted molar refractivity (Wildman–Crippen MR) is 134 cm³/mol. The number of nitrogens with two attached hydrogens (primary N) is 1. The Morgan fingerprint density at radius 3 is 2.26 bits per heavy atom. The Hall–Kier alpha value is -4.33. The Balaban J connectivity index is 1.39.